The van der Waals surface area contributed by atoms with Gasteiger partial charge in [0.05, 0.1) is 7.11 Å². The maximum absolute atomic E-state index is 5.42. The number of nitrogen functional groups attached to an aromatic ring is 1. The van der Waals surface area contributed by atoms with Crippen molar-refractivity contribution >= 4 is 17.8 Å². The lowest BCUT2D eigenvalue weighted by Gasteiger charge is -2.06. The Hall–Kier alpha value is -1.84. The Morgan fingerprint density at radius 1 is 1.69 bits per heavy atom. The van der Waals surface area contributed by atoms with Gasteiger partial charge in [-0.1, -0.05) is 19.2 Å². The molecule has 0 radical (unpaired) electrons. The van der Waals surface area contributed by atoms with Gasteiger partial charge in [-0.25, -0.2) is 9.97 Å². The number of rotatable bonds is 3. The van der Waals surface area contributed by atoms with Crippen molar-refractivity contribution in [2.45, 2.75) is 0 Å². The Bertz CT molecular complexity index is 347. The van der Waals surface area contributed by atoms with Crippen LogP contribution < -0.4 is 5.73 Å². The fourth-order valence-electron chi connectivity index (χ4n) is 0.874. The Balaban J connectivity index is 3.23. The zero-order valence-electron chi connectivity index (χ0n) is 7.45. The lowest BCUT2D eigenvalue weighted by Crippen LogP contribution is -2.01. The van der Waals surface area contributed by atoms with E-state index in [1.165, 1.54) is 7.11 Å². The van der Waals surface area contributed by atoms with Gasteiger partial charge < -0.3 is 10.5 Å². The van der Waals surface area contributed by atoms with E-state index < -0.39 is 0 Å². The first-order valence-electron chi connectivity index (χ1n) is 3.67. The SMILES string of the molecule is C=Cc1cnc(N)nc1C(=C)OC. The van der Waals surface area contributed by atoms with E-state index in [1.807, 2.05) is 0 Å². The number of hydrogen-bond acceptors (Lipinski definition) is 4. The average Bonchev–Trinajstić information content (AvgIpc) is 2.16. The van der Waals surface area contributed by atoms with E-state index in [1.54, 1.807) is 12.3 Å². The van der Waals surface area contributed by atoms with E-state index in [2.05, 4.69) is 23.1 Å². The second kappa shape index (κ2) is 3.71. The highest BCUT2D eigenvalue weighted by Gasteiger charge is 2.06. The fraction of sp³-hybridized carbons (Fsp3) is 0.111. The predicted octanol–water partition coefficient (Wildman–Crippen LogP) is 1.32. The minimum Gasteiger partial charge on any atom is -0.495 e. The van der Waals surface area contributed by atoms with Crippen LogP contribution in [0.2, 0.25) is 0 Å². The highest BCUT2D eigenvalue weighted by molar-refractivity contribution is 5.66. The molecule has 1 aromatic rings. The molecule has 0 saturated heterocycles. The first-order valence-corrected chi connectivity index (χ1v) is 3.67. The van der Waals surface area contributed by atoms with E-state index in [4.69, 9.17) is 10.5 Å². The van der Waals surface area contributed by atoms with Gasteiger partial charge in [0, 0.05) is 11.8 Å². The standard InChI is InChI=1S/C9H11N3O/c1-4-7-5-11-9(10)12-8(7)6(2)13-3/h4-5H,1-2H2,3H3,(H2,10,11,12). The van der Waals surface area contributed by atoms with Crippen LogP contribution in [-0.2, 0) is 4.74 Å². The Morgan fingerprint density at radius 2 is 2.38 bits per heavy atom. The van der Waals surface area contributed by atoms with E-state index >= 15 is 0 Å². The molecular formula is C9H11N3O. The normalized spacial score (nSPS) is 9.31. The number of methoxy groups -OCH3 is 1. The number of hydrogen-bond donors (Lipinski definition) is 1. The van der Waals surface area contributed by atoms with Gasteiger partial charge in [-0.3, -0.25) is 0 Å². The highest BCUT2D eigenvalue weighted by atomic mass is 16.5. The topological polar surface area (TPSA) is 61.0 Å². The molecule has 1 rings (SSSR count). The van der Waals surface area contributed by atoms with Gasteiger partial charge in [-0.15, -0.1) is 0 Å². The van der Waals surface area contributed by atoms with Crippen LogP contribution in [0.25, 0.3) is 11.8 Å². The first-order chi connectivity index (χ1) is 6.19. The van der Waals surface area contributed by atoms with Crippen LogP contribution in [0.15, 0.2) is 19.4 Å². The third kappa shape index (κ3) is 1.84. The van der Waals surface area contributed by atoms with Crippen molar-refractivity contribution in [1.82, 2.24) is 9.97 Å². The van der Waals surface area contributed by atoms with Gasteiger partial charge in [0.15, 0.2) is 0 Å². The summed E-state index contributed by atoms with van der Waals surface area (Å²) in [5.41, 5.74) is 6.75. The number of nitrogens with zero attached hydrogens (tertiary/aromatic N) is 2. The van der Waals surface area contributed by atoms with E-state index in [-0.39, 0.29) is 5.95 Å². The van der Waals surface area contributed by atoms with Crippen LogP contribution in [0.1, 0.15) is 11.3 Å². The average molecular weight is 177 g/mol. The first kappa shape index (κ1) is 9.25. The summed E-state index contributed by atoms with van der Waals surface area (Å²) < 4.78 is 4.95. The summed E-state index contributed by atoms with van der Waals surface area (Å²) in [5, 5.41) is 0. The molecule has 0 aliphatic heterocycles. The Kier molecular flexibility index (Phi) is 2.64. The third-order valence-electron chi connectivity index (χ3n) is 1.57. The molecule has 1 aromatic heterocycles. The second-order valence-electron chi connectivity index (χ2n) is 2.36. The molecule has 0 aliphatic rings. The zero-order chi connectivity index (χ0) is 9.84. The number of nitrogens with two attached hydrogens (primary N) is 1. The van der Waals surface area contributed by atoms with Crippen LogP contribution in [0.5, 0.6) is 0 Å². The van der Waals surface area contributed by atoms with Crippen molar-refractivity contribution in [3.8, 4) is 0 Å². The van der Waals surface area contributed by atoms with Gasteiger partial charge in [0.25, 0.3) is 0 Å². The van der Waals surface area contributed by atoms with Crippen LogP contribution >= 0.6 is 0 Å². The van der Waals surface area contributed by atoms with E-state index in [0.29, 0.717) is 11.5 Å². The summed E-state index contributed by atoms with van der Waals surface area (Å²) in [6.45, 7) is 7.30. The monoisotopic (exact) mass is 177 g/mol. The van der Waals surface area contributed by atoms with Crippen LogP contribution in [0, 0.1) is 0 Å². The van der Waals surface area contributed by atoms with Gasteiger partial charge >= 0.3 is 0 Å². The molecule has 0 fully saturated rings. The fourth-order valence-corrected chi connectivity index (χ4v) is 0.874. The summed E-state index contributed by atoms with van der Waals surface area (Å²) in [6.07, 6.45) is 3.20. The predicted molar refractivity (Wildman–Crippen MR) is 52.6 cm³/mol. The molecule has 0 amide bonds. The number of ether oxygens (including phenoxy) is 1. The molecule has 1 heterocycles. The maximum atomic E-state index is 5.42. The number of anilines is 1. The minimum absolute atomic E-state index is 0.193. The van der Waals surface area contributed by atoms with E-state index in [9.17, 15) is 0 Å². The Morgan fingerprint density at radius 3 is 2.92 bits per heavy atom. The van der Waals surface area contributed by atoms with Crippen LogP contribution in [0.3, 0.4) is 0 Å². The molecule has 68 valence electrons. The smallest absolute Gasteiger partial charge is 0.220 e. The molecule has 0 aromatic carbocycles. The largest absolute Gasteiger partial charge is 0.495 e. The summed E-state index contributed by atoms with van der Waals surface area (Å²) >= 11 is 0. The minimum atomic E-state index is 0.193. The molecule has 0 unspecified atom stereocenters. The molecule has 0 aliphatic carbocycles. The second-order valence-corrected chi connectivity index (χ2v) is 2.36. The van der Waals surface area contributed by atoms with Crippen molar-refractivity contribution in [2.75, 3.05) is 12.8 Å². The summed E-state index contributed by atoms with van der Waals surface area (Å²) in [6, 6.07) is 0. The Labute approximate surface area is 76.8 Å². The zero-order valence-corrected chi connectivity index (χ0v) is 7.45. The van der Waals surface area contributed by atoms with Crippen LogP contribution in [0.4, 0.5) is 5.95 Å². The molecular weight excluding hydrogens is 166 g/mol. The summed E-state index contributed by atoms with van der Waals surface area (Å²) in [7, 11) is 1.52. The van der Waals surface area contributed by atoms with Gasteiger partial charge in [0.1, 0.15) is 11.5 Å². The van der Waals surface area contributed by atoms with E-state index in [0.717, 1.165) is 5.56 Å². The quantitative estimate of drug-likeness (QED) is 0.707. The van der Waals surface area contributed by atoms with Gasteiger partial charge in [-0.2, -0.15) is 0 Å². The van der Waals surface area contributed by atoms with Crippen molar-refractivity contribution in [3.63, 3.8) is 0 Å². The molecule has 0 saturated carbocycles. The maximum Gasteiger partial charge on any atom is 0.220 e. The summed E-state index contributed by atoms with van der Waals surface area (Å²) in [5.74, 6) is 0.641. The van der Waals surface area contributed by atoms with Crippen molar-refractivity contribution < 1.29 is 4.74 Å². The van der Waals surface area contributed by atoms with Gasteiger partial charge in [-0.05, 0) is 0 Å². The van der Waals surface area contributed by atoms with Crippen LogP contribution in [-0.4, -0.2) is 17.1 Å². The van der Waals surface area contributed by atoms with Crippen molar-refractivity contribution in [3.05, 3.63) is 30.6 Å². The highest BCUT2D eigenvalue weighted by Crippen LogP contribution is 2.16. The van der Waals surface area contributed by atoms with Crippen molar-refractivity contribution in [1.29, 1.82) is 0 Å². The number of aromatic nitrogens is 2. The lowest BCUT2D eigenvalue weighted by atomic mass is 10.2. The molecule has 0 spiro atoms. The lowest BCUT2D eigenvalue weighted by molar-refractivity contribution is 0.369. The molecule has 4 heteroatoms. The molecule has 2 N–H and O–H groups in total. The van der Waals surface area contributed by atoms with Gasteiger partial charge in [0.2, 0.25) is 5.95 Å². The molecule has 0 bridgehead atoms. The van der Waals surface area contributed by atoms with Crippen molar-refractivity contribution in [2.24, 2.45) is 0 Å². The molecule has 13 heavy (non-hydrogen) atoms. The third-order valence-corrected chi connectivity index (χ3v) is 1.57. The molecule has 0 atom stereocenters. The molecule has 4 nitrogen and oxygen atoms in total. The summed E-state index contributed by atoms with van der Waals surface area (Å²) in [4.78, 5) is 7.81.